The number of halogens is 1. The lowest BCUT2D eigenvalue weighted by Gasteiger charge is -2.00. The summed E-state index contributed by atoms with van der Waals surface area (Å²) in [5.41, 5.74) is 2.56. The molecule has 0 saturated carbocycles. The van der Waals surface area contributed by atoms with Crippen molar-refractivity contribution in [1.82, 2.24) is 0 Å². The van der Waals surface area contributed by atoms with Crippen molar-refractivity contribution in [3.8, 4) is 11.5 Å². The fraction of sp³-hybridized carbons (Fsp3) is 0.125. The molecular weight excluding hydrogens is 332 g/mol. The van der Waals surface area contributed by atoms with Gasteiger partial charge in [-0.25, -0.2) is 9.69 Å². The Bertz CT molecular complexity index is 720. The van der Waals surface area contributed by atoms with Gasteiger partial charge in [0.25, 0.3) is 0 Å². The Kier molecular flexibility index (Phi) is 5.78. The number of phenols is 2. The molecule has 0 spiro atoms. The molecule has 0 saturated heterocycles. The zero-order valence-electron chi connectivity index (χ0n) is 11.6. The molecule has 0 fully saturated rings. The van der Waals surface area contributed by atoms with Gasteiger partial charge >= 0.3 is 0 Å². The lowest BCUT2D eigenvalue weighted by molar-refractivity contribution is 0.468. The Labute approximate surface area is 132 Å². The van der Waals surface area contributed by atoms with Crippen LogP contribution in [0.15, 0.2) is 34.8 Å². The third kappa shape index (κ3) is 4.52. The lowest BCUT2D eigenvalue weighted by Crippen LogP contribution is -1.74. The summed E-state index contributed by atoms with van der Waals surface area (Å²) in [6.45, 7) is 16.9. The van der Waals surface area contributed by atoms with E-state index in [1.54, 1.807) is 38.1 Å². The van der Waals surface area contributed by atoms with Crippen LogP contribution in [0.3, 0.4) is 0 Å². The second-order valence-corrected chi connectivity index (χ2v) is 5.14. The Morgan fingerprint density at radius 3 is 1.95 bits per heavy atom. The molecule has 21 heavy (non-hydrogen) atoms. The quantitative estimate of drug-likeness (QED) is 0.640. The second-order valence-electron chi connectivity index (χ2n) is 4.29. The van der Waals surface area contributed by atoms with Crippen LogP contribution in [0.5, 0.6) is 11.5 Å². The average molecular weight is 345 g/mol. The molecule has 5 heteroatoms. The third-order valence-electron chi connectivity index (χ3n) is 2.68. The van der Waals surface area contributed by atoms with Crippen LogP contribution >= 0.6 is 15.9 Å². The molecule has 0 unspecified atom stereocenters. The highest BCUT2D eigenvalue weighted by Gasteiger charge is 2.02. The number of nitrogens with zero attached hydrogens (tertiary/aromatic N) is 2. The number of hydrogen-bond acceptors (Lipinski definition) is 2. The van der Waals surface area contributed by atoms with Crippen LogP contribution < -0.4 is 0 Å². The standard InChI is InChI=1S/C8H6BrNO.C8H7NO/c1-5-3-6(10-2)4-7(9)8(5)11;1-6-5-7(9-2)3-4-8(6)10/h3-4,11H,1H3;3-5,10H,1H3. The first-order chi connectivity index (χ1) is 9.88. The van der Waals surface area contributed by atoms with Gasteiger partial charge in [-0.2, -0.15) is 0 Å². The molecule has 0 heterocycles. The molecule has 2 N–H and O–H groups in total. The second kappa shape index (κ2) is 7.33. The summed E-state index contributed by atoms with van der Waals surface area (Å²) < 4.78 is 0.573. The van der Waals surface area contributed by atoms with Crippen LogP contribution in [0.4, 0.5) is 11.4 Å². The van der Waals surface area contributed by atoms with E-state index in [1.807, 2.05) is 0 Å². The number of rotatable bonds is 0. The molecular formula is C16H13BrN2O2. The van der Waals surface area contributed by atoms with Crippen LogP contribution in [-0.4, -0.2) is 10.2 Å². The van der Waals surface area contributed by atoms with Crippen molar-refractivity contribution in [1.29, 1.82) is 0 Å². The van der Waals surface area contributed by atoms with Crippen LogP contribution in [-0.2, 0) is 0 Å². The van der Waals surface area contributed by atoms with Crippen molar-refractivity contribution in [3.05, 3.63) is 68.8 Å². The number of aryl methyl sites for hydroxylation is 2. The molecule has 2 rings (SSSR count). The normalized spacial score (nSPS) is 9.00. The highest BCUT2D eigenvalue weighted by Crippen LogP contribution is 2.31. The van der Waals surface area contributed by atoms with Gasteiger partial charge in [0, 0.05) is 4.47 Å². The Morgan fingerprint density at radius 1 is 0.905 bits per heavy atom. The highest BCUT2D eigenvalue weighted by atomic mass is 79.9. The summed E-state index contributed by atoms with van der Waals surface area (Å²) in [5.74, 6) is 0.449. The summed E-state index contributed by atoms with van der Waals surface area (Å²) >= 11 is 3.14. The van der Waals surface area contributed by atoms with E-state index in [9.17, 15) is 5.11 Å². The molecule has 0 aromatic heterocycles. The molecule has 0 bridgehead atoms. The summed E-state index contributed by atoms with van der Waals surface area (Å²) in [4.78, 5) is 6.45. The van der Waals surface area contributed by atoms with Gasteiger partial charge in [-0.15, -0.1) is 0 Å². The number of aromatic hydroxyl groups is 2. The average Bonchev–Trinajstić information content (AvgIpc) is 2.47. The van der Waals surface area contributed by atoms with Crippen molar-refractivity contribution in [2.24, 2.45) is 0 Å². The van der Waals surface area contributed by atoms with E-state index in [0.717, 1.165) is 5.56 Å². The number of phenolic OH excluding ortho intramolecular Hbond substituents is 2. The summed E-state index contributed by atoms with van der Waals surface area (Å²) in [7, 11) is 0. The van der Waals surface area contributed by atoms with Crippen LogP contribution in [0.1, 0.15) is 11.1 Å². The molecule has 2 aromatic carbocycles. The largest absolute Gasteiger partial charge is 0.508 e. The Morgan fingerprint density at radius 2 is 1.48 bits per heavy atom. The molecule has 0 aliphatic rings. The van der Waals surface area contributed by atoms with E-state index in [2.05, 4.69) is 25.6 Å². The first kappa shape index (κ1) is 16.6. The van der Waals surface area contributed by atoms with E-state index < -0.39 is 0 Å². The van der Waals surface area contributed by atoms with Gasteiger partial charge in [-0.1, -0.05) is 6.07 Å². The summed E-state index contributed by atoms with van der Waals surface area (Å²) in [6, 6.07) is 8.02. The maximum atomic E-state index is 9.28. The first-order valence-electron chi connectivity index (χ1n) is 5.92. The van der Waals surface area contributed by atoms with Gasteiger partial charge in [0.2, 0.25) is 0 Å². The van der Waals surface area contributed by atoms with Gasteiger partial charge in [-0.3, -0.25) is 0 Å². The minimum absolute atomic E-state index is 0.206. The van der Waals surface area contributed by atoms with Gasteiger partial charge in [0.1, 0.15) is 11.5 Å². The zero-order valence-corrected chi connectivity index (χ0v) is 13.1. The Hall–Kier alpha value is -2.50. The highest BCUT2D eigenvalue weighted by molar-refractivity contribution is 9.10. The van der Waals surface area contributed by atoms with E-state index in [-0.39, 0.29) is 11.5 Å². The van der Waals surface area contributed by atoms with E-state index in [0.29, 0.717) is 21.4 Å². The molecule has 0 aliphatic heterocycles. The lowest BCUT2D eigenvalue weighted by atomic mass is 10.2. The van der Waals surface area contributed by atoms with Crippen molar-refractivity contribution in [2.75, 3.05) is 0 Å². The molecule has 0 aliphatic carbocycles. The van der Waals surface area contributed by atoms with Gasteiger partial charge in [-0.05, 0) is 65.2 Å². The van der Waals surface area contributed by atoms with Crippen molar-refractivity contribution in [3.63, 3.8) is 0 Å². The van der Waals surface area contributed by atoms with E-state index in [4.69, 9.17) is 18.3 Å². The predicted octanol–water partition coefficient (Wildman–Crippen LogP) is 5.27. The number of benzene rings is 2. The minimum Gasteiger partial charge on any atom is -0.508 e. The molecule has 0 amide bonds. The summed E-state index contributed by atoms with van der Waals surface area (Å²) in [5, 5.41) is 18.3. The number of hydrogen-bond donors (Lipinski definition) is 2. The maximum Gasteiger partial charge on any atom is 0.188 e. The summed E-state index contributed by atoms with van der Waals surface area (Å²) in [6.07, 6.45) is 0. The van der Waals surface area contributed by atoms with Crippen molar-refractivity contribution >= 4 is 27.3 Å². The first-order valence-corrected chi connectivity index (χ1v) is 6.72. The van der Waals surface area contributed by atoms with Crippen LogP contribution in [0.25, 0.3) is 9.69 Å². The molecule has 0 radical (unpaired) electrons. The Balaban J connectivity index is 0.000000211. The van der Waals surface area contributed by atoms with E-state index >= 15 is 0 Å². The van der Waals surface area contributed by atoms with Crippen molar-refractivity contribution < 1.29 is 10.2 Å². The molecule has 2 aromatic rings. The molecule has 4 nitrogen and oxygen atoms in total. The third-order valence-corrected chi connectivity index (χ3v) is 3.28. The molecule has 0 atom stereocenters. The topological polar surface area (TPSA) is 49.2 Å². The molecule has 106 valence electrons. The van der Waals surface area contributed by atoms with Crippen molar-refractivity contribution in [2.45, 2.75) is 13.8 Å². The SMILES string of the molecule is [C-]#[N+]c1cc(C)c(O)c(Br)c1.[C-]#[N+]c1ccc(O)c(C)c1. The smallest absolute Gasteiger partial charge is 0.188 e. The fourth-order valence-corrected chi connectivity index (χ4v) is 2.04. The minimum atomic E-state index is 0.206. The monoisotopic (exact) mass is 344 g/mol. The maximum absolute atomic E-state index is 9.28. The van der Waals surface area contributed by atoms with Crippen LogP contribution in [0.2, 0.25) is 0 Å². The fourth-order valence-electron chi connectivity index (χ4n) is 1.49. The zero-order chi connectivity index (χ0) is 16.0. The predicted molar refractivity (Wildman–Crippen MR) is 85.9 cm³/mol. The van der Waals surface area contributed by atoms with Gasteiger partial charge in [0.05, 0.1) is 13.1 Å². The van der Waals surface area contributed by atoms with Gasteiger partial charge in [0.15, 0.2) is 11.4 Å². The van der Waals surface area contributed by atoms with Gasteiger partial charge < -0.3 is 10.2 Å². The van der Waals surface area contributed by atoms with E-state index in [1.165, 1.54) is 6.07 Å². The van der Waals surface area contributed by atoms with Crippen LogP contribution in [0, 0.1) is 27.0 Å².